The van der Waals surface area contributed by atoms with Gasteiger partial charge in [-0.3, -0.25) is 14.2 Å². The first kappa shape index (κ1) is 23.7. The smallest absolute Gasteiger partial charge is 0.338 e. The van der Waals surface area contributed by atoms with Crippen molar-refractivity contribution in [2.75, 3.05) is 12.4 Å². The fourth-order valence-corrected chi connectivity index (χ4v) is 5.66. The van der Waals surface area contributed by atoms with Crippen LogP contribution in [-0.2, 0) is 14.3 Å². The van der Waals surface area contributed by atoms with E-state index in [1.54, 1.807) is 40.0 Å². The number of carbonyl (C=O) groups excluding carboxylic acids is 2. The normalized spacial score (nSPS) is 17.9. The van der Waals surface area contributed by atoms with Crippen LogP contribution in [0.3, 0.4) is 0 Å². The zero-order chi connectivity index (χ0) is 25.7. The van der Waals surface area contributed by atoms with E-state index in [-0.39, 0.29) is 27.7 Å². The van der Waals surface area contributed by atoms with Crippen LogP contribution in [0.1, 0.15) is 43.5 Å². The number of hydrogen-bond acceptors (Lipinski definition) is 7. The van der Waals surface area contributed by atoms with Crippen LogP contribution in [-0.4, -0.2) is 29.7 Å². The Balaban J connectivity index is 1.80. The highest BCUT2D eigenvalue weighted by molar-refractivity contribution is 7.07. The lowest BCUT2D eigenvalue weighted by Crippen LogP contribution is -2.40. The minimum Gasteiger partial charge on any atom is -0.497 e. The van der Waals surface area contributed by atoms with Gasteiger partial charge in [-0.05, 0) is 57.5 Å². The molecule has 0 unspecified atom stereocenters. The minimum atomic E-state index is -0.769. The van der Waals surface area contributed by atoms with Crippen LogP contribution < -0.4 is 24.9 Å². The Bertz CT molecular complexity index is 1630. The number of nitrogens with zero attached hydrogens (tertiary/aromatic N) is 2. The first-order valence-electron chi connectivity index (χ1n) is 11.5. The van der Waals surface area contributed by atoms with Crippen molar-refractivity contribution in [3.05, 3.63) is 90.1 Å². The number of benzene rings is 2. The van der Waals surface area contributed by atoms with E-state index in [1.165, 1.54) is 4.57 Å². The average molecular weight is 504 g/mol. The summed E-state index contributed by atoms with van der Waals surface area (Å²) in [5.41, 5.74) is 3.69. The maximum absolute atomic E-state index is 14.0. The van der Waals surface area contributed by atoms with Crippen molar-refractivity contribution in [2.24, 2.45) is 4.99 Å². The van der Waals surface area contributed by atoms with Gasteiger partial charge in [-0.2, -0.15) is 0 Å². The fraction of sp³-hybridized carbons (Fsp3) is 0.259. The van der Waals surface area contributed by atoms with Crippen molar-refractivity contribution in [1.29, 1.82) is 0 Å². The number of thiazole rings is 1. The third-order valence-corrected chi connectivity index (χ3v) is 7.19. The molecule has 2 aromatic carbocycles. The highest BCUT2D eigenvalue weighted by Gasteiger charge is 2.35. The molecule has 5 rings (SSSR count). The van der Waals surface area contributed by atoms with Crippen LogP contribution in [0.25, 0.3) is 5.57 Å². The molecule has 8 nitrogen and oxygen atoms in total. The molecule has 0 saturated carbocycles. The van der Waals surface area contributed by atoms with Crippen molar-refractivity contribution in [1.82, 2.24) is 4.57 Å². The van der Waals surface area contributed by atoms with Crippen LogP contribution >= 0.6 is 11.3 Å². The largest absolute Gasteiger partial charge is 0.497 e. The van der Waals surface area contributed by atoms with E-state index in [4.69, 9.17) is 9.47 Å². The zero-order valence-electron chi connectivity index (χ0n) is 20.5. The summed E-state index contributed by atoms with van der Waals surface area (Å²) in [6.45, 7) is 7.20. The summed E-state index contributed by atoms with van der Waals surface area (Å²) < 4.78 is 12.6. The van der Waals surface area contributed by atoms with Crippen molar-refractivity contribution < 1.29 is 19.1 Å². The Labute approximate surface area is 211 Å². The Morgan fingerprint density at radius 2 is 1.83 bits per heavy atom. The Morgan fingerprint density at radius 3 is 2.50 bits per heavy atom. The second-order valence-electron chi connectivity index (χ2n) is 9.01. The number of carbonyl (C=O) groups is 2. The number of allylic oxidation sites excluding steroid dienone is 1. The molecule has 9 heteroatoms. The van der Waals surface area contributed by atoms with Gasteiger partial charge in [0.25, 0.3) is 11.5 Å². The van der Waals surface area contributed by atoms with Gasteiger partial charge < -0.3 is 14.8 Å². The van der Waals surface area contributed by atoms with E-state index < -0.39 is 12.0 Å². The fourth-order valence-electron chi connectivity index (χ4n) is 4.52. The maximum atomic E-state index is 14.0. The Hall–Kier alpha value is -3.98. The molecule has 0 spiro atoms. The minimum absolute atomic E-state index is 0.278. The lowest BCUT2D eigenvalue weighted by Gasteiger charge is -2.25. The Morgan fingerprint density at radius 1 is 1.11 bits per heavy atom. The van der Waals surface area contributed by atoms with E-state index in [0.29, 0.717) is 38.6 Å². The number of hydrogen-bond donors (Lipinski definition) is 1. The monoisotopic (exact) mass is 503 g/mol. The van der Waals surface area contributed by atoms with E-state index >= 15 is 0 Å². The molecule has 2 aliphatic heterocycles. The van der Waals surface area contributed by atoms with Gasteiger partial charge in [0.15, 0.2) is 4.80 Å². The van der Waals surface area contributed by atoms with E-state index in [1.807, 2.05) is 37.3 Å². The summed E-state index contributed by atoms with van der Waals surface area (Å²) in [6, 6.07) is 12.0. The van der Waals surface area contributed by atoms with Gasteiger partial charge in [-0.25, -0.2) is 9.79 Å². The number of aryl methyl sites for hydroxylation is 1. The molecule has 36 heavy (non-hydrogen) atoms. The van der Waals surface area contributed by atoms with Crippen molar-refractivity contribution in [3.63, 3.8) is 0 Å². The number of methoxy groups -OCH3 is 1. The lowest BCUT2D eigenvalue weighted by atomic mass is 9.95. The molecular formula is C27H25N3O5S. The van der Waals surface area contributed by atoms with Crippen LogP contribution in [0.5, 0.6) is 5.75 Å². The third kappa shape index (κ3) is 3.85. The molecule has 3 heterocycles. The second-order valence-corrected chi connectivity index (χ2v) is 9.99. The van der Waals surface area contributed by atoms with Gasteiger partial charge in [0.05, 0.1) is 36.1 Å². The highest BCUT2D eigenvalue weighted by atomic mass is 32.1. The standard InChI is InChI=1S/C27H25N3O5S/c1-13(2)35-26(33)20-15(4)28-27-30(22(20)16-7-9-17(34-5)10-8-16)25(32)23(36-27)21-18-12-14(3)6-11-19(18)29-24(21)31/h6-13,22H,1-5H3,(H,29,31)/b23-21-/t22-/m1/s1. The van der Waals surface area contributed by atoms with Gasteiger partial charge in [-0.1, -0.05) is 35.1 Å². The number of fused-ring (bicyclic) bond motifs is 2. The molecule has 0 saturated heterocycles. The molecule has 1 atom stereocenters. The summed E-state index contributed by atoms with van der Waals surface area (Å²) >= 11 is 1.14. The van der Waals surface area contributed by atoms with Crippen LogP contribution in [0.4, 0.5) is 5.69 Å². The number of esters is 1. The van der Waals surface area contributed by atoms with Crippen LogP contribution in [0.2, 0.25) is 0 Å². The number of rotatable bonds is 4. The van der Waals surface area contributed by atoms with Crippen molar-refractivity contribution >= 4 is 34.5 Å². The first-order chi connectivity index (χ1) is 17.2. The molecule has 0 bridgehead atoms. The van der Waals surface area contributed by atoms with Gasteiger partial charge >= 0.3 is 5.97 Å². The lowest BCUT2D eigenvalue weighted by molar-refractivity contribution is -0.143. The van der Waals surface area contributed by atoms with E-state index in [0.717, 1.165) is 16.9 Å². The predicted molar refractivity (Wildman–Crippen MR) is 137 cm³/mol. The molecule has 184 valence electrons. The van der Waals surface area contributed by atoms with Crippen molar-refractivity contribution in [2.45, 2.75) is 39.8 Å². The van der Waals surface area contributed by atoms with Gasteiger partial charge in [0.2, 0.25) is 0 Å². The summed E-state index contributed by atoms with van der Waals surface area (Å²) in [6.07, 6.45) is -0.344. The summed E-state index contributed by atoms with van der Waals surface area (Å²) in [7, 11) is 1.57. The second kappa shape index (κ2) is 8.91. The summed E-state index contributed by atoms with van der Waals surface area (Å²) in [5, 5.41) is 2.85. The van der Waals surface area contributed by atoms with Crippen molar-refractivity contribution in [3.8, 4) is 5.75 Å². The van der Waals surface area contributed by atoms with Gasteiger partial charge in [0, 0.05) is 11.3 Å². The number of aromatic nitrogens is 1. The number of nitrogens with one attached hydrogen (secondary N) is 1. The Kier molecular flexibility index (Phi) is 5.88. The average Bonchev–Trinajstić information content (AvgIpc) is 3.32. The van der Waals surface area contributed by atoms with Crippen LogP contribution in [0, 0.1) is 6.92 Å². The first-order valence-corrected chi connectivity index (χ1v) is 12.3. The topological polar surface area (TPSA) is 99.0 Å². The highest BCUT2D eigenvalue weighted by Crippen LogP contribution is 2.33. The molecule has 1 amide bonds. The molecule has 0 fully saturated rings. The quantitative estimate of drug-likeness (QED) is 0.552. The number of ether oxygens (including phenoxy) is 2. The summed E-state index contributed by atoms with van der Waals surface area (Å²) in [4.78, 5) is 45.2. The van der Waals surface area contributed by atoms with E-state index in [9.17, 15) is 14.4 Å². The third-order valence-electron chi connectivity index (χ3n) is 6.14. The van der Waals surface area contributed by atoms with E-state index in [2.05, 4.69) is 10.3 Å². The van der Waals surface area contributed by atoms with Gasteiger partial charge in [0.1, 0.15) is 10.3 Å². The molecule has 0 aliphatic carbocycles. The predicted octanol–water partition coefficient (Wildman–Crippen LogP) is 2.83. The molecule has 1 aromatic heterocycles. The van der Waals surface area contributed by atoms with Gasteiger partial charge in [-0.15, -0.1) is 0 Å². The molecular weight excluding hydrogens is 478 g/mol. The van der Waals surface area contributed by atoms with Crippen LogP contribution in [0.15, 0.2) is 63.5 Å². The SMILES string of the molecule is COc1ccc([C@@H]2C(C(=O)OC(C)C)=C(C)N=c3s/c(=C4\C(=O)Nc5ccc(C)cc54)c(=O)n32)cc1. The maximum Gasteiger partial charge on any atom is 0.338 e. The number of anilines is 1. The number of amides is 1. The molecule has 2 aliphatic rings. The summed E-state index contributed by atoms with van der Waals surface area (Å²) in [5.74, 6) is -0.225. The molecule has 0 radical (unpaired) electrons. The zero-order valence-corrected chi connectivity index (χ0v) is 21.4. The molecule has 3 aromatic rings. The molecule has 1 N–H and O–H groups in total.